The van der Waals surface area contributed by atoms with Crippen LogP contribution in [0.4, 0.5) is 4.39 Å². The van der Waals surface area contributed by atoms with Crippen molar-refractivity contribution in [1.82, 2.24) is 15.3 Å². The summed E-state index contributed by atoms with van der Waals surface area (Å²) in [6.07, 6.45) is 4.99. The molecule has 3 heterocycles. The Balaban J connectivity index is 1.42. The molecule has 1 aromatic heterocycles. The van der Waals surface area contributed by atoms with Crippen LogP contribution in [0.5, 0.6) is 0 Å². The van der Waals surface area contributed by atoms with Gasteiger partial charge >= 0.3 is 0 Å². The van der Waals surface area contributed by atoms with Crippen molar-refractivity contribution in [3.8, 4) is 0 Å². The SMILES string of the molecule is Fc1ccc([C@@H](NC[C@@H]2COC3(CCOCC3)O2)c2ncc[nH]2)cc1. The van der Waals surface area contributed by atoms with E-state index in [0.717, 1.165) is 24.2 Å². The number of imidazole rings is 1. The van der Waals surface area contributed by atoms with E-state index in [-0.39, 0.29) is 18.0 Å². The van der Waals surface area contributed by atoms with E-state index in [1.807, 2.05) is 0 Å². The van der Waals surface area contributed by atoms with Gasteiger partial charge in [-0.05, 0) is 17.7 Å². The minimum absolute atomic E-state index is 0.0315. The number of hydrogen-bond acceptors (Lipinski definition) is 5. The third-order valence-electron chi connectivity index (χ3n) is 4.71. The van der Waals surface area contributed by atoms with E-state index in [9.17, 15) is 4.39 Å². The minimum atomic E-state index is -0.485. The van der Waals surface area contributed by atoms with Gasteiger partial charge in [-0.1, -0.05) is 12.1 Å². The molecule has 0 aliphatic carbocycles. The lowest BCUT2D eigenvalue weighted by atomic mass is 10.1. The number of ether oxygens (including phenoxy) is 3. The Hall–Kier alpha value is -1.80. The van der Waals surface area contributed by atoms with E-state index in [4.69, 9.17) is 14.2 Å². The maximum Gasteiger partial charge on any atom is 0.173 e. The number of H-pyrrole nitrogens is 1. The average molecular weight is 347 g/mol. The first kappa shape index (κ1) is 16.7. The lowest BCUT2D eigenvalue weighted by Gasteiger charge is -2.31. The molecular formula is C18H22FN3O3. The van der Waals surface area contributed by atoms with Gasteiger partial charge in [0.2, 0.25) is 0 Å². The molecule has 7 heteroatoms. The van der Waals surface area contributed by atoms with Crippen molar-refractivity contribution in [2.45, 2.75) is 30.8 Å². The summed E-state index contributed by atoms with van der Waals surface area (Å²) in [7, 11) is 0. The first-order valence-corrected chi connectivity index (χ1v) is 8.62. The summed E-state index contributed by atoms with van der Waals surface area (Å²) in [5.74, 6) is 0.0444. The van der Waals surface area contributed by atoms with Crippen LogP contribution in [0.1, 0.15) is 30.3 Å². The van der Waals surface area contributed by atoms with Crippen molar-refractivity contribution in [1.29, 1.82) is 0 Å². The molecule has 1 aromatic carbocycles. The summed E-state index contributed by atoms with van der Waals surface area (Å²) < 4.78 is 30.7. The van der Waals surface area contributed by atoms with Gasteiger partial charge in [0.05, 0.1) is 32.0 Å². The molecule has 1 spiro atoms. The topological polar surface area (TPSA) is 68.4 Å². The molecule has 6 nitrogen and oxygen atoms in total. The second-order valence-corrected chi connectivity index (χ2v) is 6.44. The van der Waals surface area contributed by atoms with E-state index >= 15 is 0 Å². The highest BCUT2D eigenvalue weighted by Crippen LogP contribution is 2.33. The second-order valence-electron chi connectivity index (χ2n) is 6.44. The quantitative estimate of drug-likeness (QED) is 0.867. The largest absolute Gasteiger partial charge is 0.381 e. The molecule has 2 atom stereocenters. The Bertz CT molecular complexity index is 671. The molecule has 2 aliphatic heterocycles. The Morgan fingerprint density at radius 1 is 1.28 bits per heavy atom. The van der Waals surface area contributed by atoms with Crippen LogP contribution in [0.2, 0.25) is 0 Å². The Labute approximate surface area is 145 Å². The van der Waals surface area contributed by atoms with Gasteiger partial charge in [-0.3, -0.25) is 0 Å². The van der Waals surface area contributed by atoms with Crippen molar-refractivity contribution < 1.29 is 18.6 Å². The van der Waals surface area contributed by atoms with Gasteiger partial charge in [0.25, 0.3) is 0 Å². The van der Waals surface area contributed by atoms with Crippen LogP contribution in [0.3, 0.4) is 0 Å². The zero-order chi connectivity index (χ0) is 17.1. The molecule has 134 valence electrons. The number of benzene rings is 1. The molecule has 0 radical (unpaired) electrons. The van der Waals surface area contributed by atoms with Gasteiger partial charge in [0.15, 0.2) is 5.79 Å². The molecule has 2 N–H and O–H groups in total. The lowest BCUT2D eigenvalue weighted by molar-refractivity contribution is -0.210. The zero-order valence-electron chi connectivity index (χ0n) is 13.9. The summed E-state index contributed by atoms with van der Waals surface area (Å²) in [5.41, 5.74) is 0.941. The summed E-state index contributed by atoms with van der Waals surface area (Å²) >= 11 is 0. The predicted octanol–water partition coefficient (Wildman–Crippen LogP) is 2.15. The molecule has 25 heavy (non-hydrogen) atoms. The second kappa shape index (κ2) is 7.21. The van der Waals surface area contributed by atoms with E-state index in [2.05, 4.69) is 15.3 Å². The van der Waals surface area contributed by atoms with Crippen LogP contribution in [-0.4, -0.2) is 48.2 Å². The molecule has 0 amide bonds. The summed E-state index contributed by atoms with van der Waals surface area (Å²) in [6.45, 7) is 2.52. The molecule has 4 rings (SSSR count). The fourth-order valence-electron chi connectivity index (χ4n) is 3.37. The van der Waals surface area contributed by atoms with E-state index in [1.165, 1.54) is 12.1 Å². The number of aromatic amines is 1. The number of halogens is 1. The average Bonchev–Trinajstić information content (AvgIpc) is 3.29. The molecule has 0 unspecified atom stereocenters. The summed E-state index contributed by atoms with van der Waals surface area (Å²) in [6, 6.07) is 6.28. The molecule has 2 aliphatic rings. The van der Waals surface area contributed by atoms with Gasteiger partial charge in [0.1, 0.15) is 11.6 Å². The highest BCUT2D eigenvalue weighted by molar-refractivity contribution is 5.25. The van der Waals surface area contributed by atoms with E-state index in [1.54, 1.807) is 24.5 Å². The van der Waals surface area contributed by atoms with Crippen molar-refractivity contribution in [3.05, 3.63) is 53.9 Å². The maximum atomic E-state index is 13.2. The molecule has 0 bridgehead atoms. The van der Waals surface area contributed by atoms with Gasteiger partial charge < -0.3 is 24.5 Å². The van der Waals surface area contributed by atoms with E-state index in [0.29, 0.717) is 26.4 Å². The van der Waals surface area contributed by atoms with Crippen molar-refractivity contribution in [2.24, 2.45) is 0 Å². The van der Waals surface area contributed by atoms with Gasteiger partial charge in [0, 0.05) is 31.8 Å². The lowest BCUT2D eigenvalue weighted by Crippen LogP contribution is -2.39. The highest BCUT2D eigenvalue weighted by atomic mass is 19.1. The smallest absolute Gasteiger partial charge is 0.173 e. The standard InChI is InChI=1S/C18H22FN3O3/c19-14-3-1-13(2-4-14)16(17-20-7-8-21-17)22-11-15-12-24-18(25-15)5-9-23-10-6-18/h1-4,7-8,15-16,22H,5-6,9-12H2,(H,20,21)/t15-,16-/m1/s1. The molecular weight excluding hydrogens is 325 g/mol. The van der Waals surface area contributed by atoms with Crippen LogP contribution < -0.4 is 5.32 Å². The van der Waals surface area contributed by atoms with Gasteiger partial charge in [-0.15, -0.1) is 0 Å². The van der Waals surface area contributed by atoms with Crippen LogP contribution in [0, 0.1) is 5.82 Å². The van der Waals surface area contributed by atoms with Crippen LogP contribution >= 0.6 is 0 Å². The van der Waals surface area contributed by atoms with Gasteiger partial charge in [-0.2, -0.15) is 0 Å². The van der Waals surface area contributed by atoms with Crippen LogP contribution in [0.15, 0.2) is 36.7 Å². The third-order valence-corrected chi connectivity index (χ3v) is 4.71. The molecule has 0 saturated carbocycles. The third kappa shape index (κ3) is 3.74. The maximum absolute atomic E-state index is 13.2. The summed E-state index contributed by atoms with van der Waals surface area (Å²) in [4.78, 5) is 7.47. The minimum Gasteiger partial charge on any atom is -0.381 e. The Morgan fingerprint density at radius 2 is 2.08 bits per heavy atom. The number of rotatable bonds is 5. The summed E-state index contributed by atoms with van der Waals surface area (Å²) in [5, 5.41) is 3.47. The number of nitrogens with zero attached hydrogens (tertiary/aromatic N) is 1. The number of nitrogens with one attached hydrogen (secondary N) is 2. The monoisotopic (exact) mass is 347 g/mol. The van der Waals surface area contributed by atoms with Crippen LogP contribution in [0.25, 0.3) is 0 Å². The van der Waals surface area contributed by atoms with Crippen LogP contribution in [-0.2, 0) is 14.2 Å². The van der Waals surface area contributed by atoms with E-state index < -0.39 is 5.79 Å². The molecule has 2 saturated heterocycles. The normalized spacial score (nSPS) is 23.8. The molecule has 2 aromatic rings. The number of hydrogen-bond donors (Lipinski definition) is 2. The van der Waals surface area contributed by atoms with Crippen molar-refractivity contribution in [3.63, 3.8) is 0 Å². The Kier molecular flexibility index (Phi) is 4.80. The first-order chi connectivity index (χ1) is 12.2. The Morgan fingerprint density at radius 3 is 2.80 bits per heavy atom. The fourth-order valence-corrected chi connectivity index (χ4v) is 3.37. The first-order valence-electron chi connectivity index (χ1n) is 8.62. The fraction of sp³-hybridized carbons (Fsp3) is 0.500. The molecule has 2 fully saturated rings. The van der Waals surface area contributed by atoms with Crippen molar-refractivity contribution in [2.75, 3.05) is 26.4 Å². The zero-order valence-corrected chi connectivity index (χ0v) is 13.9. The van der Waals surface area contributed by atoms with Crippen molar-refractivity contribution >= 4 is 0 Å². The highest BCUT2D eigenvalue weighted by Gasteiger charge is 2.42. The van der Waals surface area contributed by atoms with Gasteiger partial charge in [-0.25, -0.2) is 9.37 Å². The predicted molar refractivity (Wildman–Crippen MR) is 88.4 cm³/mol. The number of aromatic nitrogens is 2.